The standard InChI is InChI=1S/C21H22N2O5/c1-13-10-14(2)20(15(3)11-13)22-21(25)16(4)28-19(24)9-8-17-6-5-7-18(12-17)23(26)27/h5-12,16H,1-4H3,(H,22,25)/b9-8+/t16-/m1/s1. The maximum absolute atomic E-state index is 12.3. The lowest BCUT2D eigenvalue weighted by molar-refractivity contribution is -0.384. The van der Waals surface area contributed by atoms with Crippen LogP contribution in [0.25, 0.3) is 6.08 Å². The van der Waals surface area contributed by atoms with Gasteiger partial charge in [-0.05, 0) is 50.5 Å². The molecule has 0 spiro atoms. The van der Waals surface area contributed by atoms with E-state index in [4.69, 9.17) is 4.74 Å². The van der Waals surface area contributed by atoms with E-state index in [-0.39, 0.29) is 5.69 Å². The number of carbonyl (C=O) groups is 2. The van der Waals surface area contributed by atoms with E-state index >= 15 is 0 Å². The number of amides is 1. The number of esters is 1. The van der Waals surface area contributed by atoms with E-state index in [9.17, 15) is 19.7 Å². The van der Waals surface area contributed by atoms with Gasteiger partial charge in [-0.15, -0.1) is 0 Å². The maximum atomic E-state index is 12.3. The molecule has 1 amide bonds. The molecule has 0 fully saturated rings. The zero-order chi connectivity index (χ0) is 20.8. The van der Waals surface area contributed by atoms with E-state index < -0.39 is 22.9 Å². The average Bonchev–Trinajstić information content (AvgIpc) is 2.62. The topological polar surface area (TPSA) is 98.5 Å². The zero-order valence-corrected chi connectivity index (χ0v) is 16.2. The summed E-state index contributed by atoms with van der Waals surface area (Å²) in [4.78, 5) is 34.6. The lowest BCUT2D eigenvalue weighted by Gasteiger charge is -2.16. The third-order valence-corrected chi connectivity index (χ3v) is 4.08. The summed E-state index contributed by atoms with van der Waals surface area (Å²) >= 11 is 0. The highest BCUT2D eigenvalue weighted by Crippen LogP contribution is 2.22. The molecule has 7 heteroatoms. The van der Waals surface area contributed by atoms with Crippen molar-refractivity contribution in [1.29, 1.82) is 0 Å². The van der Waals surface area contributed by atoms with E-state index in [2.05, 4.69) is 5.32 Å². The van der Waals surface area contributed by atoms with Crippen molar-refractivity contribution in [2.75, 3.05) is 5.32 Å². The fourth-order valence-corrected chi connectivity index (χ4v) is 2.78. The number of aryl methyl sites for hydroxylation is 3. The average molecular weight is 382 g/mol. The number of carbonyl (C=O) groups excluding carboxylic acids is 2. The normalized spacial score (nSPS) is 11.9. The van der Waals surface area contributed by atoms with Crippen LogP contribution < -0.4 is 5.32 Å². The Balaban J connectivity index is 1.99. The van der Waals surface area contributed by atoms with Crippen molar-refractivity contribution in [2.45, 2.75) is 33.8 Å². The van der Waals surface area contributed by atoms with Crippen LogP contribution in [-0.2, 0) is 14.3 Å². The number of nitro groups is 1. The van der Waals surface area contributed by atoms with Gasteiger partial charge in [-0.3, -0.25) is 14.9 Å². The molecule has 2 aromatic rings. The quantitative estimate of drug-likeness (QED) is 0.351. The van der Waals surface area contributed by atoms with Gasteiger partial charge in [0.25, 0.3) is 11.6 Å². The molecule has 0 aromatic heterocycles. The van der Waals surface area contributed by atoms with Gasteiger partial charge in [0.05, 0.1) is 4.92 Å². The molecular formula is C21H22N2O5. The van der Waals surface area contributed by atoms with Crippen molar-refractivity contribution in [3.8, 4) is 0 Å². The Morgan fingerprint density at radius 3 is 2.39 bits per heavy atom. The van der Waals surface area contributed by atoms with Crippen LogP contribution in [0.3, 0.4) is 0 Å². The summed E-state index contributed by atoms with van der Waals surface area (Å²) in [6.45, 7) is 7.25. The van der Waals surface area contributed by atoms with Crippen LogP contribution in [0.1, 0.15) is 29.2 Å². The summed E-state index contributed by atoms with van der Waals surface area (Å²) in [6.07, 6.45) is 1.53. The molecule has 0 bridgehead atoms. The fraction of sp³-hybridized carbons (Fsp3) is 0.238. The number of nitrogens with zero attached hydrogens (tertiary/aromatic N) is 1. The third kappa shape index (κ3) is 5.51. The third-order valence-electron chi connectivity index (χ3n) is 4.08. The Labute approximate surface area is 163 Å². The smallest absolute Gasteiger partial charge is 0.331 e. The minimum Gasteiger partial charge on any atom is -0.449 e. The lowest BCUT2D eigenvalue weighted by atomic mass is 10.0. The van der Waals surface area contributed by atoms with Crippen LogP contribution in [-0.4, -0.2) is 22.9 Å². The monoisotopic (exact) mass is 382 g/mol. The fourth-order valence-electron chi connectivity index (χ4n) is 2.78. The van der Waals surface area contributed by atoms with Gasteiger partial charge in [-0.25, -0.2) is 4.79 Å². The predicted molar refractivity (Wildman–Crippen MR) is 107 cm³/mol. The summed E-state index contributed by atoms with van der Waals surface area (Å²) in [5, 5.41) is 13.6. The maximum Gasteiger partial charge on any atom is 0.331 e. The van der Waals surface area contributed by atoms with E-state index in [0.717, 1.165) is 22.8 Å². The highest BCUT2D eigenvalue weighted by atomic mass is 16.6. The Morgan fingerprint density at radius 2 is 1.79 bits per heavy atom. The molecule has 0 saturated carbocycles. The molecule has 2 rings (SSSR count). The molecule has 0 heterocycles. The van der Waals surface area contributed by atoms with E-state index in [1.165, 1.54) is 31.2 Å². The van der Waals surface area contributed by atoms with Crippen LogP contribution in [0.4, 0.5) is 11.4 Å². The molecule has 0 radical (unpaired) electrons. The molecule has 0 aliphatic heterocycles. The molecule has 0 unspecified atom stereocenters. The molecule has 7 nitrogen and oxygen atoms in total. The van der Waals surface area contributed by atoms with Crippen molar-refractivity contribution in [1.82, 2.24) is 0 Å². The highest BCUT2D eigenvalue weighted by Gasteiger charge is 2.18. The number of non-ortho nitro benzene ring substituents is 1. The molecule has 1 N–H and O–H groups in total. The van der Waals surface area contributed by atoms with Crippen molar-refractivity contribution in [3.05, 3.63) is 74.8 Å². The van der Waals surface area contributed by atoms with Gasteiger partial charge in [-0.2, -0.15) is 0 Å². The predicted octanol–water partition coefficient (Wildman–Crippen LogP) is 4.10. The Bertz CT molecular complexity index is 927. The number of nitro benzene ring substituents is 1. The van der Waals surface area contributed by atoms with Crippen LogP contribution in [0, 0.1) is 30.9 Å². The number of benzene rings is 2. The molecule has 28 heavy (non-hydrogen) atoms. The second-order valence-electron chi connectivity index (χ2n) is 6.53. The van der Waals surface area contributed by atoms with Crippen molar-refractivity contribution in [3.63, 3.8) is 0 Å². The first-order valence-electron chi connectivity index (χ1n) is 8.69. The molecule has 2 aromatic carbocycles. The van der Waals surface area contributed by atoms with Gasteiger partial charge >= 0.3 is 5.97 Å². The van der Waals surface area contributed by atoms with Gasteiger partial charge in [0, 0.05) is 23.9 Å². The first kappa shape index (κ1) is 20.8. The first-order valence-corrected chi connectivity index (χ1v) is 8.69. The number of anilines is 1. The number of rotatable bonds is 6. The second-order valence-corrected chi connectivity index (χ2v) is 6.53. The molecule has 146 valence electrons. The molecule has 0 aliphatic rings. The van der Waals surface area contributed by atoms with Crippen molar-refractivity contribution >= 4 is 29.3 Å². The zero-order valence-electron chi connectivity index (χ0n) is 16.2. The summed E-state index contributed by atoms with van der Waals surface area (Å²) in [5.41, 5.74) is 4.05. The van der Waals surface area contributed by atoms with Gasteiger partial charge in [0.15, 0.2) is 6.10 Å². The van der Waals surface area contributed by atoms with E-state index in [1.54, 1.807) is 6.07 Å². The van der Waals surface area contributed by atoms with Gasteiger partial charge in [0.2, 0.25) is 0 Å². The van der Waals surface area contributed by atoms with Gasteiger partial charge in [0.1, 0.15) is 0 Å². The van der Waals surface area contributed by atoms with E-state index in [1.807, 2.05) is 32.9 Å². The number of ether oxygens (including phenoxy) is 1. The first-order chi connectivity index (χ1) is 13.2. The Morgan fingerprint density at radius 1 is 1.14 bits per heavy atom. The Kier molecular flexibility index (Phi) is 6.65. The molecular weight excluding hydrogens is 360 g/mol. The Hall–Kier alpha value is -3.48. The van der Waals surface area contributed by atoms with Crippen LogP contribution in [0.15, 0.2) is 42.5 Å². The van der Waals surface area contributed by atoms with Gasteiger partial charge in [-0.1, -0.05) is 29.8 Å². The summed E-state index contributed by atoms with van der Waals surface area (Å²) in [5.74, 6) is -1.15. The van der Waals surface area contributed by atoms with Crippen molar-refractivity contribution in [2.24, 2.45) is 0 Å². The van der Waals surface area contributed by atoms with E-state index in [0.29, 0.717) is 11.3 Å². The highest BCUT2D eigenvalue weighted by molar-refractivity contribution is 5.97. The van der Waals surface area contributed by atoms with Gasteiger partial charge < -0.3 is 10.1 Å². The van der Waals surface area contributed by atoms with Crippen LogP contribution >= 0.6 is 0 Å². The van der Waals surface area contributed by atoms with Crippen LogP contribution in [0.2, 0.25) is 0 Å². The SMILES string of the molecule is Cc1cc(C)c(NC(=O)[C@@H](C)OC(=O)/C=C/c2cccc([N+](=O)[O-])c2)c(C)c1. The number of nitrogens with one attached hydrogen (secondary N) is 1. The van der Waals surface area contributed by atoms with Crippen molar-refractivity contribution < 1.29 is 19.2 Å². The molecule has 0 saturated heterocycles. The number of hydrogen-bond donors (Lipinski definition) is 1. The summed E-state index contributed by atoms with van der Waals surface area (Å²) in [7, 11) is 0. The largest absolute Gasteiger partial charge is 0.449 e. The summed E-state index contributed by atoms with van der Waals surface area (Å²) < 4.78 is 5.12. The minimum absolute atomic E-state index is 0.0768. The lowest BCUT2D eigenvalue weighted by Crippen LogP contribution is -2.30. The molecule has 0 aliphatic carbocycles. The van der Waals surface area contributed by atoms with Crippen LogP contribution in [0.5, 0.6) is 0 Å². The minimum atomic E-state index is -0.998. The number of hydrogen-bond acceptors (Lipinski definition) is 5. The second kappa shape index (κ2) is 8.94. The molecule has 1 atom stereocenters. The summed E-state index contributed by atoms with van der Waals surface area (Å²) in [6, 6.07) is 9.75.